The Kier molecular flexibility index (Phi) is 4.67. The number of nitrogens with zero attached hydrogens (tertiary/aromatic N) is 4. The second kappa shape index (κ2) is 7.52. The summed E-state index contributed by atoms with van der Waals surface area (Å²) in [4.78, 5) is 29.3. The Morgan fingerprint density at radius 2 is 1.90 bits per heavy atom. The van der Waals surface area contributed by atoms with Gasteiger partial charge in [-0.3, -0.25) is 9.36 Å². The fourth-order valence-electron chi connectivity index (χ4n) is 3.91. The van der Waals surface area contributed by atoms with E-state index in [1.165, 1.54) is 0 Å². The van der Waals surface area contributed by atoms with Gasteiger partial charge >= 0.3 is 0 Å². The number of anilines is 1. The van der Waals surface area contributed by atoms with Crippen LogP contribution in [0.5, 0.6) is 0 Å². The first-order valence-corrected chi connectivity index (χ1v) is 10.2. The average molecular weight is 431 g/mol. The third-order valence-electron chi connectivity index (χ3n) is 5.35. The quantitative estimate of drug-likeness (QED) is 0.400. The molecule has 5 rings (SSSR count). The van der Waals surface area contributed by atoms with Crippen LogP contribution >= 0.6 is 11.6 Å². The molecule has 0 amide bonds. The van der Waals surface area contributed by atoms with Gasteiger partial charge in [0, 0.05) is 11.4 Å². The molecule has 154 valence electrons. The van der Waals surface area contributed by atoms with Crippen LogP contribution in [0.2, 0.25) is 5.28 Å². The topological polar surface area (TPSA) is 88.5 Å². The van der Waals surface area contributed by atoms with Gasteiger partial charge in [-0.1, -0.05) is 36.4 Å². The number of hydrogen-bond donors (Lipinski definition) is 2. The first-order valence-electron chi connectivity index (χ1n) is 9.87. The van der Waals surface area contributed by atoms with Crippen molar-refractivity contribution in [2.75, 3.05) is 5.32 Å². The minimum Gasteiger partial charge on any atom is -0.360 e. The Morgan fingerprint density at radius 1 is 1.10 bits per heavy atom. The predicted molar refractivity (Wildman–Crippen MR) is 123 cm³/mol. The minimum absolute atomic E-state index is 0.0592. The molecule has 0 saturated heterocycles. The number of rotatable bonds is 4. The summed E-state index contributed by atoms with van der Waals surface area (Å²) in [6.45, 7) is 3.93. The fraction of sp³-hybridized carbons (Fsp3) is 0.130. The monoisotopic (exact) mass is 430 g/mol. The molecule has 0 saturated carbocycles. The van der Waals surface area contributed by atoms with Gasteiger partial charge in [0.25, 0.3) is 5.56 Å². The maximum Gasteiger partial charge on any atom is 0.263 e. The number of aryl methyl sites for hydroxylation is 1. The van der Waals surface area contributed by atoms with Crippen LogP contribution in [0.15, 0.2) is 65.7 Å². The second-order valence-corrected chi connectivity index (χ2v) is 7.73. The molecule has 8 heteroatoms. The number of aromatic amines is 1. The molecule has 0 fully saturated rings. The molecular weight excluding hydrogens is 412 g/mol. The summed E-state index contributed by atoms with van der Waals surface area (Å²) in [5, 5.41) is 5.08. The molecule has 3 aromatic heterocycles. The zero-order valence-corrected chi connectivity index (χ0v) is 17.7. The molecule has 7 nitrogen and oxygen atoms in total. The molecule has 0 bridgehead atoms. The first kappa shape index (κ1) is 19.3. The molecular formula is C23H19ClN6O. The van der Waals surface area contributed by atoms with Crippen LogP contribution in [0.1, 0.15) is 24.2 Å². The van der Waals surface area contributed by atoms with Crippen molar-refractivity contribution < 1.29 is 0 Å². The molecule has 3 heterocycles. The highest BCUT2D eigenvalue weighted by molar-refractivity contribution is 6.28. The zero-order chi connectivity index (χ0) is 21.5. The molecule has 5 aromatic rings. The van der Waals surface area contributed by atoms with Gasteiger partial charge in [-0.15, -0.1) is 0 Å². The number of fused-ring (bicyclic) bond motifs is 2. The van der Waals surface area contributed by atoms with E-state index in [0.717, 1.165) is 22.3 Å². The molecule has 2 aromatic carbocycles. The van der Waals surface area contributed by atoms with E-state index >= 15 is 0 Å². The summed E-state index contributed by atoms with van der Waals surface area (Å²) in [6.07, 6.45) is 1.55. The molecule has 1 unspecified atom stereocenters. The number of aromatic nitrogens is 5. The van der Waals surface area contributed by atoms with E-state index < -0.39 is 0 Å². The molecule has 0 aliphatic heterocycles. The van der Waals surface area contributed by atoms with Crippen molar-refractivity contribution in [2.45, 2.75) is 19.9 Å². The summed E-state index contributed by atoms with van der Waals surface area (Å²) < 4.78 is 1.75. The Bertz CT molecular complexity index is 1470. The van der Waals surface area contributed by atoms with Crippen molar-refractivity contribution in [3.63, 3.8) is 0 Å². The lowest BCUT2D eigenvalue weighted by molar-refractivity contribution is 0.774. The van der Waals surface area contributed by atoms with Gasteiger partial charge in [-0.05, 0) is 54.6 Å². The number of pyridine rings is 1. The van der Waals surface area contributed by atoms with Crippen LogP contribution in [-0.4, -0.2) is 24.5 Å². The Hall–Kier alpha value is -3.71. The van der Waals surface area contributed by atoms with Gasteiger partial charge in [0.15, 0.2) is 11.5 Å². The normalized spacial score (nSPS) is 12.4. The lowest BCUT2D eigenvalue weighted by atomic mass is 10.0. The van der Waals surface area contributed by atoms with E-state index in [1.54, 1.807) is 10.9 Å². The number of nitrogens with one attached hydrogen (secondary N) is 2. The van der Waals surface area contributed by atoms with Gasteiger partial charge < -0.3 is 10.3 Å². The van der Waals surface area contributed by atoms with Crippen molar-refractivity contribution in [2.24, 2.45) is 0 Å². The van der Waals surface area contributed by atoms with Crippen LogP contribution in [0.25, 0.3) is 27.6 Å². The second-order valence-electron chi connectivity index (χ2n) is 7.39. The number of hydrogen-bond acceptors (Lipinski definition) is 5. The number of para-hydroxylation sites is 1. The highest BCUT2D eigenvalue weighted by Gasteiger charge is 2.19. The van der Waals surface area contributed by atoms with Crippen LogP contribution in [0, 0.1) is 6.92 Å². The van der Waals surface area contributed by atoms with Gasteiger partial charge in [-0.2, -0.15) is 9.97 Å². The van der Waals surface area contributed by atoms with E-state index in [9.17, 15) is 4.79 Å². The summed E-state index contributed by atoms with van der Waals surface area (Å²) in [7, 11) is 0. The van der Waals surface area contributed by atoms with E-state index in [1.807, 2.05) is 68.4 Å². The van der Waals surface area contributed by atoms with Gasteiger partial charge in [0.1, 0.15) is 5.52 Å². The highest BCUT2D eigenvalue weighted by Crippen LogP contribution is 2.27. The number of benzene rings is 2. The van der Waals surface area contributed by atoms with Gasteiger partial charge in [0.05, 0.1) is 17.8 Å². The van der Waals surface area contributed by atoms with Crippen molar-refractivity contribution in [1.82, 2.24) is 24.5 Å². The van der Waals surface area contributed by atoms with Crippen molar-refractivity contribution in [3.05, 3.63) is 87.8 Å². The van der Waals surface area contributed by atoms with E-state index in [-0.39, 0.29) is 16.9 Å². The maximum atomic E-state index is 13.6. The number of H-pyrrole nitrogens is 1. The van der Waals surface area contributed by atoms with Crippen molar-refractivity contribution >= 4 is 39.4 Å². The Morgan fingerprint density at radius 3 is 2.71 bits per heavy atom. The third-order valence-corrected chi connectivity index (χ3v) is 5.52. The summed E-state index contributed by atoms with van der Waals surface area (Å²) in [6, 6.07) is 17.3. The molecule has 0 aliphatic rings. The lowest BCUT2D eigenvalue weighted by Crippen LogP contribution is -2.26. The largest absolute Gasteiger partial charge is 0.360 e. The number of imidazole rings is 1. The minimum atomic E-state index is -0.274. The van der Waals surface area contributed by atoms with Gasteiger partial charge in [-0.25, -0.2) is 4.98 Å². The predicted octanol–water partition coefficient (Wildman–Crippen LogP) is 4.79. The van der Waals surface area contributed by atoms with Crippen LogP contribution in [0.4, 0.5) is 5.82 Å². The summed E-state index contributed by atoms with van der Waals surface area (Å²) in [5.41, 5.74) is 3.61. The molecule has 0 aliphatic carbocycles. The zero-order valence-electron chi connectivity index (χ0n) is 16.9. The van der Waals surface area contributed by atoms with Gasteiger partial charge in [0.2, 0.25) is 5.28 Å². The lowest BCUT2D eigenvalue weighted by Gasteiger charge is -2.22. The standard InChI is InChI=1S/C23H19ClN6O/c1-13-7-6-8-15-11-17(30(22(31)18(13)15)16-9-4-3-5-10-16)14(2)27-21-19-20(26-12-25-19)28-23(24)29-21/h3-12,14H,1-2H3,(H2,25,26,27,28,29). The Labute approximate surface area is 182 Å². The molecule has 0 radical (unpaired) electrons. The van der Waals surface area contributed by atoms with E-state index in [0.29, 0.717) is 22.4 Å². The van der Waals surface area contributed by atoms with Crippen LogP contribution in [-0.2, 0) is 0 Å². The van der Waals surface area contributed by atoms with Crippen LogP contribution in [0.3, 0.4) is 0 Å². The SMILES string of the molecule is Cc1cccc2cc(C(C)Nc3nc(Cl)nc4[nH]cnc34)n(-c3ccccc3)c(=O)c12. The average Bonchev–Trinajstić information content (AvgIpc) is 3.22. The smallest absolute Gasteiger partial charge is 0.263 e. The van der Waals surface area contributed by atoms with E-state index in [4.69, 9.17) is 11.6 Å². The third kappa shape index (κ3) is 3.33. The summed E-state index contributed by atoms with van der Waals surface area (Å²) in [5.74, 6) is 0.500. The fourth-order valence-corrected chi connectivity index (χ4v) is 4.07. The Balaban J connectivity index is 1.71. The van der Waals surface area contributed by atoms with Crippen LogP contribution < -0.4 is 10.9 Å². The van der Waals surface area contributed by atoms with Crippen molar-refractivity contribution in [3.8, 4) is 5.69 Å². The molecule has 0 spiro atoms. The molecule has 2 N–H and O–H groups in total. The molecule has 31 heavy (non-hydrogen) atoms. The maximum absolute atomic E-state index is 13.6. The number of halogens is 1. The first-order chi connectivity index (χ1) is 15.0. The van der Waals surface area contributed by atoms with E-state index in [2.05, 4.69) is 25.3 Å². The highest BCUT2D eigenvalue weighted by atomic mass is 35.5. The van der Waals surface area contributed by atoms with Crippen molar-refractivity contribution in [1.29, 1.82) is 0 Å². The molecule has 1 atom stereocenters. The summed E-state index contributed by atoms with van der Waals surface area (Å²) >= 11 is 6.09.